The molecule has 1 atom stereocenters. The summed E-state index contributed by atoms with van der Waals surface area (Å²) < 4.78 is 5.54. The molecule has 1 fully saturated rings. The van der Waals surface area contributed by atoms with Crippen molar-refractivity contribution in [1.82, 2.24) is 4.90 Å². The predicted molar refractivity (Wildman–Crippen MR) is 64.2 cm³/mol. The second-order valence-corrected chi connectivity index (χ2v) is 5.22. The van der Waals surface area contributed by atoms with E-state index in [0.717, 1.165) is 51.1 Å². The van der Waals surface area contributed by atoms with Gasteiger partial charge in [0.2, 0.25) is 0 Å². The molecule has 1 N–H and O–H groups in total. The van der Waals surface area contributed by atoms with E-state index in [4.69, 9.17) is 4.74 Å². The number of rotatable bonds is 2. The van der Waals surface area contributed by atoms with Crippen LogP contribution in [0, 0.1) is 0 Å². The monoisotopic (exact) mass is 225 g/mol. The molecule has 2 rings (SSSR count). The Kier molecular flexibility index (Phi) is 3.55. The van der Waals surface area contributed by atoms with Gasteiger partial charge >= 0.3 is 0 Å². The maximum Gasteiger partial charge on any atom is 0.124 e. The zero-order chi connectivity index (χ0) is 11.6. The Morgan fingerprint density at radius 1 is 1.38 bits per heavy atom. The van der Waals surface area contributed by atoms with Gasteiger partial charge in [-0.2, -0.15) is 0 Å². The van der Waals surface area contributed by atoms with Crippen LogP contribution in [-0.2, 0) is 4.74 Å². The van der Waals surface area contributed by atoms with Gasteiger partial charge in [0.1, 0.15) is 11.4 Å². The molecule has 92 valence electrons. The Morgan fingerprint density at radius 2 is 2.19 bits per heavy atom. The third kappa shape index (κ3) is 2.41. The molecule has 0 saturated carbocycles. The van der Waals surface area contributed by atoms with Crippen molar-refractivity contribution in [2.45, 2.75) is 51.2 Å². The number of hydrogen-bond acceptors (Lipinski definition) is 3. The normalized spacial score (nSPS) is 32.4. The highest BCUT2D eigenvalue weighted by Crippen LogP contribution is 2.33. The molecular weight excluding hydrogens is 202 g/mol. The quantitative estimate of drug-likeness (QED) is 0.779. The zero-order valence-corrected chi connectivity index (χ0v) is 10.4. The Balaban J connectivity index is 2.02. The lowest BCUT2D eigenvalue weighted by atomic mass is 9.92. The molecule has 0 aromatic heterocycles. The van der Waals surface area contributed by atoms with Crippen LogP contribution in [0.25, 0.3) is 0 Å². The van der Waals surface area contributed by atoms with E-state index in [1.165, 1.54) is 0 Å². The number of nitrogens with zero attached hydrogens (tertiary/aromatic N) is 1. The van der Waals surface area contributed by atoms with Gasteiger partial charge in [-0.05, 0) is 45.7 Å². The molecule has 0 aliphatic carbocycles. The minimum atomic E-state index is -0.694. The molecule has 0 radical (unpaired) electrons. The SMILES string of the molecule is CC(C)N1CCCC(O)(C2=CCCO2)CC1. The molecule has 1 unspecified atom stereocenters. The summed E-state index contributed by atoms with van der Waals surface area (Å²) in [7, 11) is 0. The molecule has 3 heteroatoms. The zero-order valence-electron chi connectivity index (χ0n) is 10.4. The van der Waals surface area contributed by atoms with Crippen LogP contribution in [0.1, 0.15) is 39.5 Å². The van der Waals surface area contributed by atoms with E-state index in [0.29, 0.717) is 6.04 Å². The first-order chi connectivity index (χ1) is 7.62. The van der Waals surface area contributed by atoms with Crippen molar-refractivity contribution in [1.29, 1.82) is 0 Å². The highest BCUT2D eigenvalue weighted by Gasteiger charge is 2.36. The van der Waals surface area contributed by atoms with E-state index in [1.54, 1.807) is 0 Å². The van der Waals surface area contributed by atoms with Gasteiger partial charge in [0, 0.05) is 19.0 Å². The summed E-state index contributed by atoms with van der Waals surface area (Å²) in [5.74, 6) is 0.832. The van der Waals surface area contributed by atoms with Crippen molar-refractivity contribution in [2.75, 3.05) is 19.7 Å². The standard InChI is InChI=1S/C13H23NO2/c1-11(2)14-8-4-6-13(15,7-9-14)12-5-3-10-16-12/h5,11,15H,3-4,6-10H2,1-2H3. The van der Waals surface area contributed by atoms with Crippen LogP contribution < -0.4 is 0 Å². The average Bonchev–Trinajstić information content (AvgIpc) is 2.70. The van der Waals surface area contributed by atoms with E-state index < -0.39 is 5.60 Å². The second kappa shape index (κ2) is 4.76. The van der Waals surface area contributed by atoms with Gasteiger partial charge in [0.15, 0.2) is 0 Å². The lowest BCUT2D eigenvalue weighted by Gasteiger charge is -2.28. The van der Waals surface area contributed by atoms with Crippen LogP contribution in [0.4, 0.5) is 0 Å². The predicted octanol–water partition coefficient (Wildman–Crippen LogP) is 1.92. The van der Waals surface area contributed by atoms with Crippen molar-refractivity contribution in [3.63, 3.8) is 0 Å². The summed E-state index contributed by atoms with van der Waals surface area (Å²) in [4.78, 5) is 2.44. The minimum absolute atomic E-state index is 0.570. The maximum atomic E-state index is 10.6. The molecule has 1 saturated heterocycles. The lowest BCUT2D eigenvalue weighted by Crippen LogP contribution is -2.35. The van der Waals surface area contributed by atoms with Crippen molar-refractivity contribution in [2.24, 2.45) is 0 Å². The van der Waals surface area contributed by atoms with Gasteiger partial charge in [0.05, 0.1) is 6.61 Å². The molecule has 2 aliphatic heterocycles. The summed E-state index contributed by atoms with van der Waals surface area (Å²) in [5, 5.41) is 10.6. The second-order valence-electron chi connectivity index (χ2n) is 5.22. The van der Waals surface area contributed by atoms with E-state index in [9.17, 15) is 5.11 Å². The topological polar surface area (TPSA) is 32.7 Å². The molecule has 2 aliphatic rings. The fourth-order valence-electron chi connectivity index (χ4n) is 2.64. The van der Waals surface area contributed by atoms with E-state index in [1.807, 2.05) is 0 Å². The van der Waals surface area contributed by atoms with Gasteiger partial charge in [0.25, 0.3) is 0 Å². The average molecular weight is 225 g/mol. The summed E-state index contributed by atoms with van der Waals surface area (Å²) in [5.41, 5.74) is -0.694. The summed E-state index contributed by atoms with van der Waals surface area (Å²) in [6, 6.07) is 0.570. The van der Waals surface area contributed by atoms with Crippen LogP contribution >= 0.6 is 0 Å². The Bertz CT molecular complexity index is 275. The van der Waals surface area contributed by atoms with Crippen LogP contribution in [0.15, 0.2) is 11.8 Å². The van der Waals surface area contributed by atoms with Crippen molar-refractivity contribution >= 4 is 0 Å². The highest BCUT2D eigenvalue weighted by molar-refractivity contribution is 5.13. The van der Waals surface area contributed by atoms with Crippen molar-refractivity contribution in [3.05, 3.63) is 11.8 Å². The van der Waals surface area contributed by atoms with E-state index in [-0.39, 0.29) is 0 Å². The molecule has 0 spiro atoms. The van der Waals surface area contributed by atoms with Crippen LogP contribution in [0.5, 0.6) is 0 Å². The van der Waals surface area contributed by atoms with Gasteiger partial charge in [-0.3, -0.25) is 0 Å². The minimum Gasteiger partial charge on any atom is -0.495 e. The number of aliphatic hydroxyl groups is 1. The van der Waals surface area contributed by atoms with Crippen LogP contribution in [0.2, 0.25) is 0 Å². The summed E-state index contributed by atoms with van der Waals surface area (Å²) >= 11 is 0. The Hall–Kier alpha value is -0.540. The first kappa shape index (κ1) is 11.9. The third-order valence-corrected chi connectivity index (χ3v) is 3.74. The number of ether oxygens (including phenoxy) is 1. The molecule has 0 aromatic carbocycles. The molecule has 16 heavy (non-hydrogen) atoms. The molecule has 0 amide bonds. The molecule has 2 heterocycles. The van der Waals surface area contributed by atoms with E-state index in [2.05, 4.69) is 24.8 Å². The highest BCUT2D eigenvalue weighted by atomic mass is 16.5. The molecular formula is C13H23NO2. The third-order valence-electron chi connectivity index (χ3n) is 3.74. The smallest absolute Gasteiger partial charge is 0.124 e. The molecule has 3 nitrogen and oxygen atoms in total. The summed E-state index contributed by atoms with van der Waals surface area (Å²) in [6.07, 6.45) is 5.70. The molecule has 0 aromatic rings. The van der Waals surface area contributed by atoms with Gasteiger partial charge in [-0.25, -0.2) is 0 Å². The van der Waals surface area contributed by atoms with Crippen LogP contribution in [-0.4, -0.2) is 41.3 Å². The fourth-order valence-corrected chi connectivity index (χ4v) is 2.64. The van der Waals surface area contributed by atoms with Gasteiger partial charge < -0.3 is 14.7 Å². The largest absolute Gasteiger partial charge is 0.495 e. The fraction of sp³-hybridized carbons (Fsp3) is 0.846. The summed E-state index contributed by atoms with van der Waals surface area (Å²) in [6.45, 7) is 7.24. The van der Waals surface area contributed by atoms with Gasteiger partial charge in [-0.15, -0.1) is 0 Å². The first-order valence-electron chi connectivity index (χ1n) is 6.42. The van der Waals surface area contributed by atoms with Crippen molar-refractivity contribution in [3.8, 4) is 0 Å². The maximum absolute atomic E-state index is 10.6. The first-order valence-corrected chi connectivity index (χ1v) is 6.42. The number of likely N-dealkylation sites (tertiary alicyclic amines) is 1. The Morgan fingerprint density at radius 3 is 2.81 bits per heavy atom. The number of hydrogen-bond donors (Lipinski definition) is 1. The van der Waals surface area contributed by atoms with Gasteiger partial charge in [-0.1, -0.05) is 0 Å². The lowest BCUT2D eigenvalue weighted by molar-refractivity contribution is 0.00690. The Labute approximate surface area is 98.1 Å². The van der Waals surface area contributed by atoms with Crippen LogP contribution in [0.3, 0.4) is 0 Å². The van der Waals surface area contributed by atoms with E-state index >= 15 is 0 Å². The van der Waals surface area contributed by atoms with Crippen molar-refractivity contribution < 1.29 is 9.84 Å². The molecule has 0 bridgehead atoms.